The van der Waals surface area contributed by atoms with E-state index in [-0.39, 0.29) is 0 Å². The van der Waals surface area contributed by atoms with E-state index in [0.29, 0.717) is 6.10 Å². The van der Waals surface area contributed by atoms with Gasteiger partial charge in [0.1, 0.15) is 6.10 Å². The Bertz CT molecular complexity index is 142. The number of allylic oxidation sites excluding steroid dienone is 1. The van der Waals surface area contributed by atoms with Gasteiger partial charge in [-0.1, -0.05) is 6.08 Å². The second kappa shape index (κ2) is 4.97. The summed E-state index contributed by atoms with van der Waals surface area (Å²) in [5.41, 5.74) is 0. The van der Waals surface area contributed by atoms with E-state index in [0.717, 1.165) is 25.9 Å². The van der Waals surface area contributed by atoms with Crippen molar-refractivity contribution in [3.8, 4) is 0 Å². The van der Waals surface area contributed by atoms with Gasteiger partial charge in [-0.3, -0.25) is 0 Å². The van der Waals surface area contributed by atoms with E-state index in [1.807, 2.05) is 6.08 Å². The summed E-state index contributed by atoms with van der Waals surface area (Å²) in [6.07, 6.45) is 8.34. The van der Waals surface area contributed by atoms with Crippen LogP contribution >= 0.6 is 0 Å². The molecule has 0 aliphatic carbocycles. The number of nitrogens with one attached hydrogen (secondary N) is 1. The fraction of sp³-hybridized carbons (Fsp3) is 0.556. The van der Waals surface area contributed by atoms with Gasteiger partial charge in [0.05, 0.1) is 6.26 Å². The second-order valence-electron chi connectivity index (χ2n) is 2.65. The first-order valence-electron chi connectivity index (χ1n) is 4.05. The zero-order chi connectivity index (χ0) is 7.94. The molecule has 1 rings (SSSR count). The van der Waals surface area contributed by atoms with Crippen LogP contribution in [-0.4, -0.2) is 19.2 Å². The molecule has 1 aliphatic rings. The van der Waals surface area contributed by atoms with Crippen LogP contribution in [0.25, 0.3) is 0 Å². The Hall–Kier alpha value is -0.760. The lowest BCUT2D eigenvalue weighted by Crippen LogP contribution is -2.29. The maximum absolute atomic E-state index is 5.35. The summed E-state index contributed by atoms with van der Waals surface area (Å²) in [6, 6.07) is 0. The monoisotopic (exact) mass is 153 g/mol. The van der Waals surface area contributed by atoms with Crippen molar-refractivity contribution in [1.82, 2.24) is 5.32 Å². The molecule has 0 radical (unpaired) electrons. The molecule has 0 saturated heterocycles. The number of hydrogen-bond donors (Lipinski definition) is 1. The summed E-state index contributed by atoms with van der Waals surface area (Å²) in [6.45, 7) is 5.42. The minimum Gasteiger partial charge on any atom is -0.497 e. The third kappa shape index (κ3) is 3.23. The van der Waals surface area contributed by atoms with Crippen molar-refractivity contribution in [2.75, 3.05) is 13.1 Å². The highest BCUT2D eigenvalue weighted by molar-refractivity contribution is 4.83. The van der Waals surface area contributed by atoms with Gasteiger partial charge in [0.2, 0.25) is 0 Å². The lowest BCUT2D eigenvalue weighted by atomic mass is 10.1. The van der Waals surface area contributed by atoms with Crippen LogP contribution in [-0.2, 0) is 4.74 Å². The molecule has 0 bridgehead atoms. The molecule has 0 aromatic heterocycles. The number of rotatable bonds is 4. The van der Waals surface area contributed by atoms with Crippen LogP contribution in [0.1, 0.15) is 12.8 Å². The van der Waals surface area contributed by atoms with Crippen LogP contribution < -0.4 is 5.32 Å². The third-order valence-corrected chi connectivity index (χ3v) is 1.68. The second-order valence-corrected chi connectivity index (χ2v) is 2.65. The highest BCUT2D eigenvalue weighted by Crippen LogP contribution is 2.08. The largest absolute Gasteiger partial charge is 0.497 e. The molecular weight excluding hydrogens is 138 g/mol. The molecule has 2 nitrogen and oxygen atoms in total. The molecule has 1 N–H and O–H groups in total. The summed E-state index contributed by atoms with van der Waals surface area (Å²) >= 11 is 0. The molecule has 1 aliphatic heterocycles. The highest BCUT2D eigenvalue weighted by Gasteiger charge is 2.08. The van der Waals surface area contributed by atoms with Gasteiger partial charge >= 0.3 is 0 Å². The number of ether oxygens (including phenoxy) is 1. The van der Waals surface area contributed by atoms with Crippen LogP contribution in [0, 0.1) is 0 Å². The first-order chi connectivity index (χ1) is 5.43. The van der Waals surface area contributed by atoms with Crippen molar-refractivity contribution >= 4 is 0 Å². The maximum Gasteiger partial charge on any atom is 0.110 e. The molecule has 1 atom stereocenters. The Morgan fingerprint density at radius 2 is 2.64 bits per heavy atom. The molecule has 0 saturated carbocycles. The average molecular weight is 153 g/mol. The molecule has 0 aromatic carbocycles. The van der Waals surface area contributed by atoms with E-state index in [2.05, 4.69) is 18.0 Å². The van der Waals surface area contributed by atoms with Crippen LogP contribution in [0.4, 0.5) is 0 Å². The fourth-order valence-electron chi connectivity index (χ4n) is 1.08. The van der Waals surface area contributed by atoms with Crippen molar-refractivity contribution in [2.45, 2.75) is 18.9 Å². The maximum atomic E-state index is 5.35. The third-order valence-electron chi connectivity index (χ3n) is 1.68. The Kier molecular flexibility index (Phi) is 3.76. The summed E-state index contributed by atoms with van der Waals surface area (Å²) in [5.74, 6) is 0. The predicted molar refractivity (Wildman–Crippen MR) is 46.3 cm³/mol. The summed E-state index contributed by atoms with van der Waals surface area (Å²) in [4.78, 5) is 0. The zero-order valence-electron chi connectivity index (χ0n) is 6.75. The van der Waals surface area contributed by atoms with Gasteiger partial charge < -0.3 is 10.1 Å². The van der Waals surface area contributed by atoms with E-state index in [9.17, 15) is 0 Å². The molecule has 2 heteroatoms. The Morgan fingerprint density at radius 3 is 3.27 bits per heavy atom. The zero-order valence-corrected chi connectivity index (χ0v) is 6.75. The van der Waals surface area contributed by atoms with Gasteiger partial charge in [-0.2, -0.15) is 0 Å². The highest BCUT2D eigenvalue weighted by atomic mass is 16.5. The normalized spacial score (nSPS) is 22.7. The van der Waals surface area contributed by atoms with E-state index in [1.165, 1.54) is 0 Å². The van der Waals surface area contributed by atoms with Crippen molar-refractivity contribution in [3.05, 3.63) is 25.0 Å². The molecule has 0 spiro atoms. The van der Waals surface area contributed by atoms with Gasteiger partial charge in [0.25, 0.3) is 0 Å². The lowest BCUT2D eigenvalue weighted by molar-refractivity contribution is 0.123. The topological polar surface area (TPSA) is 21.3 Å². The Labute approximate surface area is 67.9 Å². The lowest BCUT2D eigenvalue weighted by Gasteiger charge is -2.19. The molecule has 0 amide bonds. The molecule has 62 valence electrons. The molecule has 1 heterocycles. The Balaban J connectivity index is 2.06. The van der Waals surface area contributed by atoms with Crippen LogP contribution in [0.15, 0.2) is 25.0 Å². The van der Waals surface area contributed by atoms with E-state index in [4.69, 9.17) is 4.74 Å². The Morgan fingerprint density at radius 1 is 1.73 bits per heavy atom. The fourth-order valence-corrected chi connectivity index (χ4v) is 1.08. The van der Waals surface area contributed by atoms with Crippen LogP contribution in [0.5, 0.6) is 0 Å². The van der Waals surface area contributed by atoms with Crippen molar-refractivity contribution in [2.24, 2.45) is 0 Å². The summed E-state index contributed by atoms with van der Waals surface area (Å²) in [5, 5.41) is 3.23. The van der Waals surface area contributed by atoms with E-state index in [1.54, 1.807) is 6.26 Å². The summed E-state index contributed by atoms with van der Waals surface area (Å²) in [7, 11) is 0. The van der Waals surface area contributed by atoms with Gasteiger partial charge in [0.15, 0.2) is 0 Å². The van der Waals surface area contributed by atoms with Gasteiger partial charge in [-0.25, -0.2) is 0 Å². The van der Waals surface area contributed by atoms with Crippen molar-refractivity contribution in [3.63, 3.8) is 0 Å². The molecule has 0 fully saturated rings. The van der Waals surface area contributed by atoms with E-state index < -0.39 is 0 Å². The quantitative estimate of drug-likeness (QED) is 0.487. The first-order valence-corrected chi connectivity index (χ1v) is 4.05. The average Bonchev–Trinajstić information content (AvgIpc) is 2.07. The van der Waals surface area contributed by atoms with Crippen molar-refractivity contribution < 1.29 is 4.74 Å². The predicted octanol–water partition coefficient (Wildman–Crippen LogP) is 1.45. The first kappa shape index (κ1) is 8.34. The molecule has 11 heavy (non-hydrogen) atoms. The molecular formula is C9H15NO. The standard InChI is InChI=1S/C9H15NO/c1-2-6-10-8-9-5-3-4-7-11-9/h2,4,7,9-10H,1,3,5-6,8H2. The minimum absolute atomic E-state index is 0.361. The molecule has 0 aromatic rings. The van der Waals surface area contributed by atoms with Crippen LogP contribution in [0.3, 0.4) is 0 Å². The summed E-state index contributed by atoms with van der Waals surface area (Å²) < 4.78 is 5.35. The van der Waals surface area contributed by atoms with E-state index >= 15 is 0 Å². The minimum atomic E-state index is 0.361. The van der Waals surface area contributed by atoms with Gasteiger partial charge in [-0.05, 0) is 18.9 Å². The van der Waals surface area contributed by atoms with Gasteiger partial charge in [-0.15, -0.1) is 6.58 Å². The SMILES string of the molecule is C=CCNCC1CCC=CO1. The van der Waals surface area contributed by atoms with Crippen molar-refractivity contribution in [1.29, 1.82) is 0 Å². The van der Waals surface area contributed by atoms with Gasteiger partial charge in [0, 0.05) is 13.1 Å². The molecule has 1 unspecified atom stereocenters. The number of hydrogen-bond acceptors (Lipinski definition) is 2. The smallest absolute Gasteiger partial charge is 0.110 e. The van der Waals surface area contributed by atoms with Crippen LogP contribution in [0.2, 0.25) is 0 Å².